The number of nitrogens with zero attached hydrogens (tertiary/aromatic N) is 5. The van der Waals surface area contributed by atoms with Gasteiger partial charge in [0.2, 0.25) is 0 Å². The molecule has 26 heavy (non-hydrogen) atoms. The highest BCUT2D eigenvalue weighted by Gasteiger charge is 2.11. The minimum atomic E-state index is -0.307. The molecule has 7 nitrogen and oxygen atoms in total. The molecule has 8 heteroatoms. The maximum atomic E-state index is 13.2. The molecule has 3 aromatic heterocycles. The van der Waals surface area contributed by atoms with Crippen LogP contribution < -0.4 is 4.74 Å². The first kappa shape index (κ1) is 15.9. The van der Waals surface area contributed by atoms with Crippen LogP contribution in [0.2, 0.25) is 0 Å². The molecule has 3 heterocycles. The van der Waals surface area contributed by atoms with Crippen LogP contribution in [-0.2, 0) is 6.54 Å². The van der Waals surface area contributed by atoms with Crippen LogP contribution >= 0.6 is 0 Å². The van der Waals surface area contributed by atoms with Crippen molar-refractivity contribution in [2.24, 2.45) is 0 Å². The van der Waals surface area contributed by atoms with Crippen molar-refractivity contribution in [3.8, 4) is 28.7 Å². The summed E-state index contributed by atoms with van der Waals surface area (Å²) in [7, 11) is 0. The summed E-state index contributed by atoms with van der Waals surface area (Å²) < 4.78 is 25.9. The standard InChI is InChI=1S/C18H14FN5O2/c19-14-5-3-13(4-6-14)15-10-16(17-2-1-8-25-17)23-18(22-15)26-9-7-24-12-20-11-21-24/h1-6,8,10-12H,7,9H2. The third-order valence-corrected chi connectivity index (χ3v) is 3.64. The van der Waals surface area contributed by atoms with Crippen LogP contribution in [0.25, 0.3) is 22.7 Å². The fourth-order valence-corrected chi connectivity index (χ4v) is 2.39. The fraction of sp³-hybridized carbons (Fsp3) is 0.111. The Kier molecular flexibility index (Phi) is 4.38. The van der Waals surface area contributed by atoms with Gasteiger partial charge in [-0.25, -0.2) is 14.1 Å². The molecular weight excluding hydrogens is 337 g/mol. The van der Waals surface area contributed by atoms with Gasteiger partial charge in [0.1, 0.15) is 30.8 Å². The van der Waals surface area contributed by atoms with Crippen LogP contribution in [0.3, 0.4) is 0 Å². The Hall–Kier alpha value is -3.55. The topological polar surface area (TPSA) is 78.9 Å². The number of rotatable bonds is 6. The average molecular weight is 351 g/mol. The Morgan fingerprint density at radius 2 is 1.92 bits per heavy atom. The second kappa shape index (κ2) is 7.14. The van der Waals surface area contributed by atoms with Gasteiger partial charge in [-0.2, -0.15) is 15.1 Å². The van der Waals surface area contributed by atoms with Gasteiger partial charge < -0.3 is 9.15 Å². The van der Waals surface area contributed by atoms with Gasteiger partial charge in [-0.05, 0) is 42.5 Å². The zero-order chi connectivity index (χ0) is 17.8. The molecule has 0 amide bonds. The van der Waals surface area contributed by atoms with E-state index in [2.05, 4.69) is 20.1 Å². The minimum Gasteiger partial charge on any atom is -0.463 e. The molecule has 0 aliphatic carbocycles. The lowest BCUT2D eigenvalue weighted by molar-refractivity contribution is 0.270. The second-order valence-electron chi connectivity index (χ2n) is 5.41. The highest BCUT2D eigenvalue weighted by Crippen LogP contribution is 2.26. The third-order valence-electron chi connectivity index (χ3n) is 3.64. The van der Waals surface area contributed by atoms with Crippen LogP contribution in [0.1, 0.15) is 0 Å². The molecule has 0 aliphatic rings. The Labute approximate surface area is 148 Å². The van der Waals surface area contributed by atoms with E-state index in [1.54, 1.807) is 47.6 Å². The SMILES string of the molecule is Fc1ccc(-c2cc(-c3ccco3)nc(OCCn3cncn3)n2)cc1. The first-order chi connectivity index (χ1) is 12.8. The van der Waals surface area contributed by atoms with Crippen molar-refractivity contribution >= 4 is 0 Å². The van der Waals surface area contributed by atoms with Crippen molar-refractivity contribution in [1.29, 1.82) is 0 Å². The number of benzene rings is 1. The molecule has 0 saturated heterocycles. The highest BCUT2D eigenvalue weighted by atomic mass is 19.1. The predicted molar refractivity (Wildman–Crippen MR) is 90.6 cm³/mol. The first-order valence-corrected chi connectivity index (χ1v) is 7.92. The molecule has 0 unspecified atom stereocenters. The lowest BCUT2D eigenvalue weighted by Gasteiger charge is -2.09. The van der Waals surface area contributed by atoms with Crippen molar-refractivity contribution in [3.63, 3.8) is 0 Å². The summed E-state index contributed by atoms with van der Waals surface area (Å²) in [6.45, 7) is 0.841. The maximum Gasteiger partial charge on any atom is 0.317 e. The van der Waals surface area contributed by atoms with Gasteiger partial charge in [-0.15, -0.1) is 0 Å². The minimum absolute atomic E-state index is 0.207. The van der Waals surface area contributed by atoms with E-state index in [1.165, 1.54) is 18.5 Å². The molecule has 4 aromatic rings. The van der Waals surface area contributed by atoms with E-state index in [0.29, 0.717) is 30.3 Å². The number of hydrogen-bond acceptors (Lipinski definition) is 6. The summed E-state index contributed by atoms with van der Waals surface area (Å²) in [4.78, 5) is 12.7. The number of furan rings is 1. The smallest absolute Gasteiger partial charge is 0.317 e. The first-order valence-electron chi connectivity index (χ1n) is 7.92. The van der Waals surface area contributed by atoms with Gasteiger partial charge in [0.15, 0.2) is 5.76 Å². The van der Waals surface area contributed by atoms with Crippen molar-refractivity contribution in [2.75, 3.05) is 6.61 Å². The Bertz CT molecular complexity index is 970. The van der Waals surface area contributed by atoms with Gasteiger partial charge in [0.05, 0.1) is 18.5 Å². The summed E-state index contributed by atoms with van der Waals surface area (Å²) in [6, 6.07) is 11.6. The average Bonchev–Trinajstić information content (AvgIpc) is 3.36. The zero-order valence-corrected chi connectivity index (χ0v) is 13.6. The van der Waals surface area contributed by atoms with Crippen LogP contribution in [0.15, 0.2) is 65.8 Å². The molecule has 130 valence electrons. The van der Waals surface area contributed by atoms with Crippen molar-refractivity contribution < 1.29 is 13.5 Å². The van der Waals surface area contributed by atoms with Crippen molar-refractivity contribution in [3.05, 3.63) is 67.2 Å². The van der Waals surface area contributed by atoms with E-state index >= 15 is 0 Å². The van der Waals surface area contributed by atoms with Crippen LogP contribution in [0.4, 0.5) is 4.39 Å². The van der Waals surface area contributed by atoms with Crippen LogP contribution in [0, 0.1) is 5.82 Å². The van der Waals surface area contributed by atoms with Gasteiger partial charge in [-0.1, -0.05) is 0 Å². The Morgan fingerprint density at radius 3 is 2.65 bits per heavy atom. The Balaban J connectivity index is 1.62. The summed E-state index contributed by atoms with van der Waals surface area (Å²) in [5, 5.41) is 4.01. The summed E-state index contributed by atoms with van der Waals surface area (Å²) in [5.41, 5.74) is 1.95. The van der Waals surface area contributed by atoms with Crippen LogP contribution in [0.5, 0.6) is 6.01 Å². The van der Waals surface area contributed by atoms with Crippen molar-refractivity contribution in [1.82, 2.24) is 24.7 Å². The zero-order valence-electron chi connectivity index (χ0n) is 13.6. The lowest BCUT2D eigenvalue weighted by Crippen LogP contribution is -2.10. The molecule has 0 spiro atoms. The van der Waals surface area contributed by atoms with E-state index in [9.17, 15) is 4.39 Å². The number of ether oxygens (including phenoxy) is 1. The molecular formula is C18H14FN5O2. The molecule has 0 N–H and O–H groups in total. The highest BCUT2D eigenvalue weighted by molar-refractivity contribution is 5.65. The quantitative estimate of drug-likeness (QED) is 0.531. The molecule has 0 fully saturated rings. The fourth-order valence-electron chi connectivity index (χ4n) is 2.39. The van der Waals surface area contributed by atoms with E-state index < -0.39 is 0 Å². The summed E-state index contributed by atoms with van der Waals surface area (Å²) in [6.07, 6.45) is 4.63. The normalized spacial score (nSPS) is 10.8. The number of halogens is 1. The monoisotopic (exact) mass is 351 g/mol. The lowest BCUT2D eigenvalue weighted by atomic mass is 10.1. The van der Waals surface area contributed by atoms with E-state index in [4.69, 9.17) is 9.15 Å². The van der Waals surface area contributed by atoms with E-state index in [0.717, 1.165) is 5.56 Å². The second-order valence-corrected chi connectivity index (χ2v) is 5.41. The molecule has 4 rings (SSSR count). The molecule has 0 radical (unpaired) electrons. The van der Waals surface area contributed by atoms with Gasteiger partial charge in [0, 0.05) is 5.56 Å². The van der Waals surface area contributed by atoms with Gasteiger partial charge in [0.25, 0.3) is 0 Å². The number of aromatic nitrogens is 5. The molecule has 0 bridgehead atoms. The van der Waals surface area contributed by atoms with Gasteiger partial charge in [-0.3, -0.25) is 0 Å². The summed E-state index contributed by atoms with van der Waals surface area (Å²) in [5.74, 6) is 0.287. The number of hydrogen-bond donors (Lipinski definition) is 0. The Morgan fingerprint density at radius 1 is 1.08 bits per heavy atom. The third kappa shape index (κ3) is 3.59. The van der Waals surface area contributed by atoms with Gasteiger partial charge >= 0.3 is 6.01 Å². The largest absolute Gasteiger partial charge is 0.463 e. The molecule has 0 atom stereocenters. The molecule has 0 saturated carbocycles. The molecule has 1 aromatic carbocycles. The maximum absolute atomic E-state index is 13.2. The van der Waals surface area contributed by atoms with E-state index in [1.807, 2.05) is 0 Å². The summed E-state index contributed by atoms with van der Waals surface area (Å²) >= 11 is 0. The van der Waals surface area contributed by atoms with Crippen molar-refractivity contribution in [2.45, 2.75) is 6.54 Å². The van der Waals surface area contributed by atoms with E-state index in [-0.39, 0.29) is 11.8 Å². The molecule has 0 aliphatic heterocycles. The van der Waals surface area contributed by atoms with Crippen LogP contribution in [-0.4, -0.2) is 31.3 Å². The predicted octanol–water partition coefficient (Wildman–Crippen LogP) is 3.21.